The number of pyridine rings is 1. The molecule has 154 valence electrons. The van der Waals surface area contributed by atoms with E-state index < -0.39 is 0 Å². The first-order valence-electron chi connectivity index (χ1n) is 9.15. The molecule has 2 N–H and O–H groups in total. The zero-order chi connectivity index (χ0) is 19.2. The van der Waals surface area contributed by atoms with Crippen molar-refractivity contribution in [3.05, 3.63) is 23.0 Å². The third kappa shape index (κ3) is 6.46. The number of aliphatic imine (C=N–C) groups is 1. The Hall–Kier alpha value is -1.13. The third-order valence-corrected chi connectivity index (χ3v) is 4.95. The minimum atomic E-state index is 0. The second kappa shape index (κ2) is 11.0. The Bertz CT molecular complexity index is 631. The normalized spacial score (nSPS) is 15.9. The van der Waals surface area contributed by atoms with Gasteiger partial charge < -0.3 is 20.1 Å². The van der Waals surface area contributed by atoms with E-state index in [1.807, 2.05) is 20.0 Å². The number of nitrogens with zero attached hydrogens (tertiary/aromatic N) is 3. The highest BCUT2D eigenvalue weighted by atomic mass is 127. The first-order chi connectivity index (χ1) is 12.4. The van der Waals surface area contributed by atoms with Crippen LogP contribution in [0, 0.1) is 13.8 Å². The predicted molar refractivity (Wildman–Crippen MR) is 120 cm³/mol. The van der Waals surface area contributed by atoms with Gasteiger partial charge in [0.15, 0.2) is 5.96 Å². The lowest BCUT2D eigenvalue weighted by Crippen LogP contribution is -2.56. The van der Waals surface area contributed by atoms with Crippen LogP contribution in [0.5, 0.6) is 5.75 Å². The summed E-state index contributed by atoms with van der Waals surface area (Å²) in [6.07, 6.45) is 1.85. The average Bonchev–Trinajstić information content (AvgIpc) is 2.64. The van der Waals surface area contributed by atoms with Crippen LogP contribution in [-0.2, 0) is 11.3 Å². The van der Waals surface area contributed by atoms with Crippen LogP contribution in [0.1, 0.15) is 30.7 Å². The van der Waals surface area contributed by atoms with E-state index >= 15 is 0 Å². The van der Waals surface area contributed by atoms with Crippen molar-refractivity contribution in [3.8, 4) is 5.75 Å². The molecule has 0 aromatic carbocycles. The van der Waals surface area contributed by atoms with Gasteiger partial charge in [-0.05, 0) is 27.7 Å². The molecule has 1 fully saturated rings. The van der Waals surface area contributed by atoms with Gasteiger partial charge in [0, 0.05) is 49.5 Å². The predicted octanol–water partition coefficient (Wildman–Crippen LogP) is 2.10. The molecule has 0 unspecified atom stereocenters. The van der Waals surface area contributed by atoms with E-state index in [0.29, 0.717) is 6.54 Å². The van der Waals surface area contributed by atoms with Crippen molar-refractivity contribution in [3.63, 3.8) is 0 Å². The van der Waals surface area contributed by atoms with Crippen LogP contribution < -0.4 is 15.4 Å². The van der Waals surface area contributed by atoms with Crippen molar-refractivity contribution in [2.24, 2.45) is 4.99 Å². The van der Waals surface area contributed by atoms with E-state index in [1.165, 1.54) is 0 Å². The van der Waals surface area contributed by atoms with E-state index in [2.05, 4.69) is 39.4 Å². The van der Waals surface area contributed by atoms with Gasteiger partial charge in [-0.25, -0.2) is 0 Å². The maximum absolute atomic E-state index is 5.48. The molecule has 0 spiro atoms. The number of hydrogen-bond donors (Lipinski definition) is 2. The standard InChI is InChI=1S/C19H33N5O2.HI/c1-14-11-21-16(15(2)17(14)25-6)12-22-18(20-5)23-13-19(3,4)24-7-9-26-10-8-24;/h11H,7-10,12-13H2,1-6H3,(H2,20,22,23);1H. The molecule has 0 bridgehead atoms. The second-order valence-electron chi connectivity index (χ2n) is 7.24. The van der Waals surface area contributed by atoms with E-state index in [4.69, 9.17) is 9.47 Å². The van der Waals surface area contributed by atoms with E-state index in [1.54, 1.807) is 14.2 Å². The number of morpholine rings is 1. The lowest BCUT2D eigenvalue weighted by atomic mass is 10.0. The Kier molecular flexibility index (Phi) is 9.75. The number of ether oxygens (including phenoxy) is 2. The summed E-state index contributed by atoms with van der Waals surface area (Å²) in [5, 5.41) is 6.78. The molecule has 2 heterocycles. The fraction of sp³-hybridized carbons (Fsp3) is 0.684. The largest absolute Gasteiger partial charge is 0.496 e. The molecule has 0 amide bonds. The number of halogens is 1. The van der Waals surface area contributed by atoms with Crippen LogP contribution in [0.3, 0.4) is 0 Å². The van der Waals surface area contributed by atoms with E-state index in [-0.39, 0.29) is 29.5 Å². The van der Waals surface area contributed by atoms with Gasteiger partial charge in [-0.3, -0.25) is 14.9 Å². The number of guanidine groups is 1. The van der Waals surface area contributed by atoms with E-state index in [9.17, 15) is 0 Å². The SMILES string of the molecule is CN=C(NCc1ncc(C)c(OC)c1C)NCC(C)(C)N1CCOCC1.I. The van der Waals surface area contributed by atoms with Gasteiger partial charge in [-0.2, -0.15) is 0 Å². The van der Waals surface area contributed by atoms with Gasteiger partial charge in [0.05, 0.1) is 32.6 Å². The highest BCUT2D eigenvalue weighted by Gasteiger charge is 2.28. The minimum Gasteiger partial charge on any atom is -0.496 e. The number of hydrogen-bond acceptors (Lipinski definition) is 5. The molecule has 0 saturated carbocycles. The van der Waals surface area contributed by atoms with Crippen LogP contribution in [0.2, 0.25) is 0 Å². The first kappa shape index (κ1) is 23.9. The second-order valence-corrected chi connectivity index (χ2v) is 7.24. The lowest BCUT2D eigenvalue weighted by Gasteiger charge is -2.41. The van der Waals surface area contributed by atoms with Crippen molar-refractivity contribution in [1.82, 2.24) is 20.5 Å². The summed E-state index contributed by atoms with van der Waals surface area (Å²) in [5.74, 6) is 1.67. The van der Waals surface area contributed by atoms with Crippen LogP contribution >= 0.6 is 24.0 Å². The Morgan fingerprint density at radius 3 is 2.56 bits per heavy atom. The Morgan fingerprint density at radius 2 is 1.96 bits per heavy atom. The third-order valence-electron chi connectivity index (χ3n) is 4.95. The molecule has 7 nitrogen and oxygen atoms in total. The van der Waals surface area contributed by atoms with Crippen LogP contribution in [0.15, 0.2) is 11.2 Å². The molecule has 1 aliphatic rings. The molecule has 1 aromatic rings. The van der Waals surface area contributed by atoms with Gasteiger partial charge in [0.25, 0.3) is 0 Å². The van der Waals surface area contributed by atoms with Gasteiger partial charge in [0.2, 0.25) is 0 Å². The van der Waals surface area contributed by atoms with Gasteiger partial charge in [-0.15, -0.1) is 24.0 Å². The van der Waals surface area contributed by atoms with Crippen LogP contribution in [0.4, 0.5) is 0 Å². The number of methoxy groups -OCH3 is 1. The average molecular weight is 491 g/mol. The highest BCUT2D eigenvalue weighted by Crippen LogP contribution is 2.23. The number of aryl methyl sites for hydroxylation is 1. The summed E-state index contributed by atoms with van der Waals surface area (Å²) in [6, 6.07) is 0. The van der Waals surface area contributed by atoms with E-state index in [0.717, 1.165) is 61.4 Å². The maximum atomic E-state index is 5.48. The molecule has 1 aromatic heterocycles. The fourth-order valence-electron chi connectivity index (χ4n) is 3.22. The first-order valence-corrected chi connectivity index (χ1v) is 9.15. The Morgan fingerprint density at radius 1 is 1.30 bits per heavy atom. The summed E-state index contributed by atoms with van der Waals surface area (Å²) in [6.45, 7) is 13.5. The van der Waals surface area contributed by atoms with Gasteiger partial charge in [0.1, 0.15) is 5.75 Å². The molecule has 8 heteroatoms. The molecule has 1 saturated heterocycles. The topological polar surface area (TPSA) is 71.0 Å². The smallest absolute Gasteiger partial charge is 0.191 e. The van der Waals surface area contributed by atoms with Crippen LogP contribution in [-0.4, -0.2) is 68.4 Å². The summed E-state index contributed by atoms with van der Waals surface area (Å²) in [4.78, 5) is 11.3. The molecular weight excluding hydrogens is 457 g/mol. The van der Waals surface area contributed by atoms with Gasteiger partial charge >= 0.3 is 0 Å². The molecule has 0 radical (unpaired) electrons. The van der Waals surface area contributed by atoms with Crippen molar-refractivity contribution >= 4 is 29.9 Å². The Balaban J connectivity index is 0.00000364. The lowest BCUT2D eigenvalue weighted by molar-refractivity contribution is -0.00834. The monoisotopic (exact) mass is 491 g/mol. The summed E-state index contributed by atoms with van der Waals surface area (Å²) in [7, 11) is 3.48. The maximum Gasteiger partial charge on any atom is 0.191 e. The molecule has 0 aliphatic carbocycles. The molecule has 1 aliphatic heterocycles. The summed E-state index contributed by atoms with van der Waals surface area (Å²) < 4.78 is 10.9. The van der Waals surface area contributed by atoms with Gasteiger partial charge in [-0.1, -0.05) is 0 Å². The number of aromatic nitrogens is 1. The van der Waals surface area contributed by atoms with Crippen molar-refractivity contribution in [2.45, 2.75) is 39.8 Å². The van der Waals surface area contributed by atoms with Crippen molar-refractivity contribution < 1.29 is 9.47 Å². The Labute approximate surface area is 180 Å². The molecule has 2 rings (SSSR count). The van der Waals surface area contributed by atoms with Crippen LogP contribution in [0.25, 0.3) is 0 Å². The highest BCUT2D eigenvalue weighted by molar-refractivity contribution is 14.0. The molecule has 0 atom stereocenters. The zero-order valence-electron chi connectivity index (χ0n) is 17.4. The summed E-state index contributed by atoms with van der Waals surface area (Å²) >= 11 is 0. The molecule has 27 heavy (non-hydrogen) atoms. The van der Waals surface area contributed by atoms with Crippen molar-refractivity contribution in [1.29, 1.82) is 0 Å². The minimum absolute atomic E-state index is 0. The fourth-order valence-corrected chi connectivity index (χ4v) is 3.22. The summed E-state index contributed by atoms with van der Waals surface area (Å²) in [5.41, 5.74) is 3.10. The molecular formula is C19H34IN5O2. The number of rotatable bonds is 6. The quantitative estimate of drug-likeness (QED) is 0.361. The van der Waals surface area contributed by atoms with Crippen molar-refractivity contribution in [2.75, 3.05) is 47.0 Å². The number of nitrogens with one attached hydrogen (secondary N) is 2. The zero-order valence-corrected chi connectivity index (χ0v) is 19.7.